The SMILES string of the molecule is CC(C)c1ccc(C2/C(=C(/O)c3ccc([N+](=O)[O-])cc3)C(=O)C(=O)N2C2CCCC2)cc1. The topological polar surface area (TPSA) is 101 Å². The Kier molecular flexibility index (Phi) is 5.82. The number of nitro groups is 1. The molecule has 2 fully saturated rings. The second kappa shape index (κ2) is 8.57. The summed E-state index contributed by atoms with van der Waals surface area (Å²) >= 11 is 0. The minimum absolute atomic E-state index is 0.0352. The highest BCUT2D eigenvalue weighted by atomic mass is 16.6. The summed E-state index contributed by atoms with van der Waals surface area (Å²) in [5.74, 6) is -1.29. The Hall–Kier alpha value is -3.48. The van der Waals surface area contributed by atoms with Crippen molar-refractivity contribution in [3.05, 3.63) is 80.9 Å². The molecule has 4 rings (SSSR count). The molecular formula is C25H26N2O5. The first-order valence-corrected chi connectivity index (χ1v) is 10.9. The molecule has 1 aliphatic carbocycles. The quantitative estimate of drug-likeness (QED) is 0.232. The molecule has 0 aromatic heterocycles. The summed E-state index contributed by atoms with van der Waals surface area (Å²) in [6.07, 6.45) is 3.64. The minimum atomic E-state index is -0.717. The minimum Gasteiger partial charge on any atom is -0.507 e. The fourth-order valence-electron chi connectivity index (χ4n) is 4.70. The van der Waals surface area contributed by atoms with Crippen LogP contribution in [0.3, 0.4) is 0 Å². The van der Waals surface area contributed by atoms with E-state index in [-0.39, 0.29) is 28.6 Å². The lowest BCUT2D eigenvalue weighted by molar-refractivity contribution is -0.384. The van der Waals surface area contributed by atoms with Gasteiger partial charge >= 0.3 is 0 Å². The van der Waals surface area contributed by atoms with E-state index in [0.29, 0.717) is 5.92 Å². The fraction of sp³-hybridized carbons (Fsp3) is 0.360. The normalized spacial score (nSPS) is 21.0. The van der Waals surface area contributed by atoms with E-state index in [4.69, 9.17) is 0 Å². The summed E-state index contributed by atoms with van der Waals surface area (Å²) in [6.45, 7) is 4.18. The number of carbonyl (C=O) groups excluding carboxylic acids is 2. The Balaban J connectivity index is 1.84. The number of non-ortho nitro benzene ring substituents is 1. The number of carbonyl (C=O) groups is 2. The van der Waals surface area contributed by atoms with Crippen LogP contribution in [0.25, 0.3) is 5.76 Å². The van der Waals surface area contributed by atoms with Gasteiger partial charge in [0, 0.05) is 23.7 Å². The second-order valence-corrected chi connectivity index (χ2v) is 8.77. The third-order valence-corrected chi connectivity index (χ3v) is 6.47. The molecule has 1 saturated carbocycles. The van der Waals surface area contributed by atoms with Crippen LogP contribution in [0.15, 0.2) is 54.1 Å². The van der Waals surface area contributed by atoms with E-state index >= 15 is 0 Å². The molecule has 1 atom stereocenters. The van der Waals surface area contributed by atoms with Gasteiger partial charge in [0.15, 0.2) is 0 Å². The van der Waals surface area contributed by atoms with Crippen molar-refractivity contribution in [3.63, 3.8) is 0 Å². The molecular weight excluding hydrogens is 408 g/mol. The number of amides is 1. The summed E-state index contributed by atoms with van der Waals surface area (Å²) in [6, 6.07) is 12.4. The van der Waals surface area contributed by atoms with Crippen molar-refractivity contribution >= 4 is 23.1 Å². The summed E-state index contributed by atoms with van der Waals surface area (Å²) in [5, 5.41) is 22.0. The number of Topliss-reactive ketones (excluding diaryl/α,β-unsaturated/α-hetero) is 1. The molecule has 0 bridgehead atoms. The summed E-state index contributed by atoms with van der Waals surface area (Å²) in [4.78, 5) is 38.3. The average Bonchev–Trinajstić information content (AvgIpc) is 3.40. The van der Waals surface area contributed by atoms with Gasteiger partial charge in [-0.1, -0.05) is 51.0 Å². The highest BCUT2D eigenvalue weighted by molar-refractivity contribution is 6.46. The Labute approximate surface area is 186 Å². The van der Waals surface area contributed by atoms with Gasteiger partial charge < -0.3 is 10.0 Å². The van der Waals surface area contributed by atoms with E-state index in [1.165, 1.54) is 24.3 Å². The molecule has 1 unspecified atom stereocenters. The van der Waals surface area contributed by atoms with Crippen molar-refractivity contribution in [2.45, 2.75) is 57.5 Å². The molecule has 166 valence electrons. The van der Waals surface area contributed by atoms with Crippen LogP contribution >= 0.6 is 0 Å². The molecule has 1 saturated heterocycles. The van der Waals surface area contributed by atoms with Crippen LogP contribution in [-0.2, 0) is 9.59 Å². The maximum absolute atomic E-state index is 13.1. The van der Waals surface area contributed by atoms with Crippen LogP contribution in [0.5, 0.6) is 0 Å². The molecule has 2 aromatic rings. The number of likely N-dealkylation sites (tertiary alicyclic amines) is 1. The van der Waals surface area contributed by atoms with Gasteiger partial charge in [-0.2, -0.15) is 0 Å². The molecule has 1 amide bonds. The lowest BCUT2D eigenvalue weighted by Gasteiger charge is -2.31. The number of aliphatic hydroxyl groups excluding tert-OH is 1. The van der Waals surface area contributed by atoms with Crippen molar-refractivity contribution in [1.29, 1.82) is 0 Å². The van der Waals surface area contributed by atoms with Crippen LogP contribution < -0.4 is 0 Å². The molecule has 0 spiro atoms. The number of rotatable bonds is 5. The molecule has 7 nitrogen and oxygen atoms in total. The Morgan fingerprint density at radius 2 is 1.62 bits per heavy atom. The molecule has 1 aliphatic heterocycles. The zero-order valence-electron chi connectivity index (χ0n) is 18.2. The van der Waals surface area contributed by atoms with Gasteiger partial charge in [-0.15, -0.1) is 0 Å². The first-order valence-electron chi connectivity index (χ1n) is 10.9. The number of hydrogen-bond donors (Lipinski definition) is 1. The third kappa shape index (κ3) is 3.79. The van der Waals surface area contributed by atoms with Gasteiger partial charge in [0.1, 0.15) is 5.76 Å². The largest absolute Gasteiger partial charge is 0.507 e. The first kappa shape index (κ1) is 21.7. The third-order valence-electron chi connectivity index (χ3n) is 6.47. The fourth-order valence-corrected chi connectivity index (χ4v) is 4.70. The van der Waals surface area contributed by atoms with Crippen molar-refractivity contribution in [2.75, 3.05) is 0 Å². The van der Waals surface area contributed by atoms with Crippen molar-refractivity contribution < 1.29 is 19.6 Å². The van der Waals surface area contributed by atoms with Gasteiger partial charge in [-0.25, -0.2) is 0 Å². The van der Waals surface area contributed by atoms with E-state index in [1.807, 2.05) is 24.3 Å². The molecule has 2 aromatic carbocycles. The van der Waals surface area contributed by atoms with Crippen molar-refractivity contribution in [2.24, 2.45) is 0 Å². The van der Waals surface area contributed by atoms with Crippen LogP contribution in [0.2, 0.25) is 0 Å². The Morgan fingerprint density at radius 3 is 2.16 bits per heavy atom. The van der Waals surface area contributed by atoms with Gasteiger partial charge in [-0.3, -0.25) is 19.7 Å². The van der Waals surface area contributed by atoms with E-state index in [9.17, 15) is 24.8 Å². The number of nitro benzene ring substituents is 1. The summed E-state index contributed by atoms with van der Waals surface area (Å²) in [5.41, 5.74) is 2.09. The van der Waals surface area contributed by atoms with Gasteiger partial charge in [-0.05, 0) is 42.0 Å². The molecule has 7 heteroatoms. The average molecular weight is 434 g/mol. The maximum Gasteiger partial charge on any atom is 0.295 e. The zero-order valence-corrected chi connectivity index (χ0v) is 18.2. The van der Waals surface area contributed by atoms with Crippen molar-refractivity contribution in [1.82, 2.24) is 4.90 Å². The highest BCUT2D eigenvalue weighted by Gasteiger charge is 2.49. The van der Waals surface area contributed by atoms with Gasteiger partial charge in [0.2, 0.25) is 0 Å². The number of hydrogen-bond acceptors (Lipinski definition) is 5. The van der Waals surface area contributed by atoms with Crippen LogP contribution in [0.1, 0.15) is 68.2 Å². The monoisotopic (exact) mass is 434 g/mol. The standard InChI is InChI=1S/C25H26N2O5/c1-15(2)16-7-9-17(10-8-16)22-21(23(28)18-11-13-20(14-12-18)27(31)32)24(29)25(30)26(22)19-5-3-4-6-19/h7-15,19,22,28H,3-6H2,1-2H3/b23-21-. The number of ketones is 1. The van der Waals surface area contributed by atoms with E-state index in [1.54, 1.807) is 4.90 Å². The van der Waals surface area contributed by atoms with Gasteiger partial charge in [0.25, 0.3) is 17.4 Å². The highest BCUT2D eigenvalue weighted by Crippen LogP contribution is 2.43. The lowest BCUT2D eigenvalue weighted by Crippen LogP contribution is -2.37. The summed E-state index contributed by atoms with van der Waals surface area (Å²) in [7, 11) is 0. The molecule has 2 aliphatic rings. The van der Waals surface area contributed by atoms with E-state index in [0.717, 1.165) is 36.8 Å². The Bertz CT molecular complexity index is 1080. The maximum atomic E-state index is 13.1. The Morgan fingerprint density at radius 1 is 1.03 bits per heavy atom. The molecule has 0 radical (unpaired) electrons. The smallest absolute Gasteiger partial charge is 0.295 e. The van der Waals surface area contributed by atoms with E-state index < -0.39 is 22.7 Å². The number of nitrogens with zero attached hydrogens (tertiary/aromatic N) is 2. The summed E-state index contributed by atoms with van der Waals surface area (Å²) < 4.78 is 0. The lowest BCUT2D eigenvalue weighted by atomic mass is 9.92. The van der Waals surface area contributed by atoms with E-state index in [2.05, 4.69) is 13.8 Å². The van der Waals surface area contributed by atoms with Gasteiger partial charge in [0.05, 0.1) is 16.5 Å². The van der Waals surface area contributed by atoms with Crippen LogP contribution in [0.4, 0.5) is 5.69 Å². The second-order valence-electron chi connectivity index (χ2n) is 8.77. The molecule has 1 heterocycles. The first-order chi connectivity index (χ1) is 15.3. The predicted molar refractivity (Wildman–Crippen MR) is 120 cm³/mol. The number of benzene rings is 2. The predicted octanol–water partition coefficient (Wildman–Crippen LogP) is 5.08. The van der Waals surface area contributed by atoms with Crippen molar-refractivity contribution in [3.8, 4) is 0 Å². The molecule has 1 N–H and O–H groups in total. The van der Waals surface area contributed by atoms with Crippen LogP contribution in [0, 0.1) is 10.1 Å². The number of aliphatic hydroxyl groups is 1. The molecule has 32 heavy (non-hydrogen) atoms. The zero-order chi connectivity index (χ0) is 23.0. The van der Waals surface area contributed by atoms with Crippen LogP contribution in [-0.4, -0.2) is 32.7 Å².